The van der Waals surface area contributed by atoms with Gasteiger partial charge in [0.15, 0.2) is 5.83 Å². The summed E-state index contributed by atoms with van der Waals surface area (Å²) in [5.74, 6) is -8.10. The van der Waals surface area contributed by atoms with E-state index < -0.39 is 41.7 Å². The first-order valence-corrected chi connectivity index (χ1v) is 4.53. The van der Waals surface area contributed by atoms with E-state index in [1.54, 1.807) is 0 Å². The van der Waals surface area contributed by atoms with E-state index in [4.69, 9.17) is 0 Å². The van der Waals surface area contributed by atoms with Crippen molar-refractivity contribution in [3.8, 4) is 0 Å². The fourth-order valence-electron chi connectivity index (χ4n) is 1.22. The lowest BCUT2D eigenvalue weighted by molar-refractivity contribution is -0.313. The molecule has 0 atom stereocenters. The lowest BCUT2D eigenvalue weighted by atomic mass is 9.83. The normalized spacial score (nSPS) is 16.6. The fraction of sp³-hybridized carbons (Fsp3) is 0.556. The monoisotopic (exact) mass is 322 g/mol. The van der Waals surface area contributed by atoms with Crippen LogP contribution in [0, 0.1) is 5.41 Å². The Morgan fingerprint density at radius 1 is 0.700 bits per heavy atom. The predicted octanol–water partition coefficient (Wildman–Crippen LogP) is 5.39. The van der Waals surface area contributed by atoms with Gasteiger partial charge < -0.3 is 0 Å². The molecule has 0 spiro atoms. The van der Waals surface area contributed by atoms with Gasteiger partial charge in [0.1, 0.15) is 0 Å². The van der Waals surface area contributed by atoms with E-state index in [9.17, 15) is 48.3 Å². The average molecular weight is 322 g/mol. The molecule has 0 nitrogen and oxygen atoms in total. The van der Waals surface area contributed by atoms with Gasteiger partial charge in [-0.25, -0.2) is 4.39 Å². The van der Waals surface area contributed by atoms with Gasteiger partial charge in [0.2, 0.25) is 11.2 Å². The Labute approximate surface area is 104 Å². The third-order valence-corrected chi connectivity index (χ3v) is 2.10. The average Bonchev–Trinajstić information content (AvgIpc) is 2.18. The van der Waals surface area contributed by atoms with Gasteiger partial charge in [-0.15, -0.1) is 0 Å². The quantitative estimate of drug-likeness (QED) is 0.472. The number of halogens is 11. The molecule has 0 aliphatic rings. The minimum Gasteiger partial charge on any atom is -0.207 e. The van der Waals surface area contributed by atoms with Crippen LogP contribution in [0.3, 0.4) is 0 Å². The highest BCUT2D eigenvalue weighted by molar-refractivity contribution is 5.27. The molecular weight excluding hydrogens is 317 g/mol. The molecule has 0 amide bonds. The summed E-state index contributed by atoms with van der Waals surface area (Å²) in [6.45, 7) is 0.574. The molecule has 20 heavy (non-hydrogen) atoms. The molecule has 11 heteroatoms. The molecule has 0 aromatic carbocycles. The largest absolute Gasteiger partial charge is 0.445 e. The molecule has 118 valence electrons. The molecule has 0 saturated carbocycles. The van der Waals surface area contributed by atoms with Crippen LogP contribution in [0.15, 0.2) is 23.8 Å². The molecule has 0 saturated heterocycles. The maximum atomic E-state index is 13.1. The molecule has 0 radical (unpaired) electrons. The minimum absolute atomic E-state index is 0.0181. The van der Waals surface area contributed by atoms with Gasteiger partial charge in [-0.2, -0.15) is 43.9 Å². The first kappa shape index (κ1) is 18.7. The molecule has 0 aliphatic carbocycles. The van der Waals surface area contributed by atoms with Crippen LogP contribution in [-0.2, 0) is 0 Å². The van der Waals surface area contributed by atoms with Crippen LogP contribution in [0.2, 0.25) is 0 Å². The van der Waals surface area contributed by atoms with Crippen LogP contribution in [0.5, 0.6) is 0 Å². The zero-order chi connectivity index (χ0) is 16.6. The van der Waals surface area contributed by atoms with E-state index in [0.717, 1.165) is 0 Å². The van der Waals surface area contributed by atoms with Crippen molar-refractivity contribution in [2.24, 2.45) is 5.41 Å². The van der Waals surface area contributed by atoms with Crippen molar-refractivity contribution in [2.45, 2.75) is 25.5 Å². The molecule has 0 aliphatic heterocycles. The van der Waals surface area contributed by atoms with Crippen molar-refractivity contribution in [1.82, 2.24) is 0 Å². The third kappa shape index (κ3) is 3.06. The minimum atomic E-state index is -6.57. The molecule has 0 aromatic heterocycles. The lowest BCUT2D eigenvalue weighted by Crippen LogP contribution is -2.50. The molecule has 0 N–H and O–H groups in total. The standard InChI is InChI=1S/C9H5F11/c1-2-3-6(8(15,16)17,9(18,19)20)4(10)5(11)7(12,13)14/h2-3H,1H3/b3-2+,5-4+. The highest BCUT2D eigenvalue weighted by Crippen LogP contribution is 2.58. The smallest absolute Gasteiger partial charge is 0.207 e. The van der Waals surface area contributed by atoms with Gasteiger partial charge >= 0.3 is 18.5 Å². The molecule has 0 heterocycles. The maximum Gasteiger partial charge on any atom is 0.445 e. The first-order chi connectivity index (χ1) is 8.63. The van der Waals surface area contributed by atoms with E-state index in [-0.39, 0.29) is 6.08 Å². The van der Waals surface area contributed by atoms with Gasteiger partial charge in [0.25, 0.3) is 0 Å². The molecule has 0 bridgehead atoms. The van der Waals surface area contributed by atoms with E-state index in [1.165, 1.54) is 0 Å². The van der Waals surface area contributed by atoms with E-state index >= 15 is 0 Å². The highest BCUT2D eigenvalue weighted by atomic mass is 19.4. The Morgan fingerprint density at radius 3 is 1.25 bits per heavy atom. The Balaban J connectivity index is 6.61. The van der Waals surface area contributed by atoms with Gasteiger partial charge in [-0.3, -0.25) is 0 Å². The van der Waals surface area contributed by atoms with Crippen LogP contribution in [-0.4, -0.2) is 18.5 Å². The van der Waals surface area contributed by atoms with Crippen molar-refractivity contribution in [3.63, 3.8) is 0 Å². The Bertz CT molecular complexity index is 389. The summed E-state index contributed by atoms with van der Waals surface area (Å²) < 4.78 is 136. The van der Waals surface area contributed by atoms with E-state index in [2.05, 4.69) is 0 Å². The molecular formula is C9H5F11. The molecule has 0 aromatic rings. The zero-order valence-corrected chi connectivity index (χ0v) is 9.31. The first-order valence-electron chi connectivity index (χ1n) is 4.53. The van der Waals surface area contributed by atoms with E-state index in [1.807, 2.05) is 0 Å². The van der Waals surface area contributed by atoms with Crippen LogP contribution in [0.1, 0.15) is 6.92 Å². The second-order valence-electron chi connectivity index (χ2n) is 3.43. The Kier molecular flexibility index (Phi) is 4.91. The van der Waals surface area contributed by atoms with Crippen molar-refractivity contribution in [3.05, 3.63) is 23.8 Å². The fourth-order valence-corrected chi connectivity index (χ4v) is 1.22. The maximum absolute atomic E-state index is 13.1. The van der Waals surface area contributed by atoms with Gasteiger partial charge in [-0.05, 0) is 6.92 Å². The molecule has 0 unspecified atom stereocenters. The topological polar surface area (TPSA) is 0 Å². The number of hydrogen-bond acceptors (Lipinski definition) is 0. The van der Waals surface area contributed by atoms with Crippen molar-refractivity contribution in [2.75, 3.05) is 0 Å². The summed E-state index contributed by atoms with van der Waals surface area (Å²) in [5, 5.41) is 0. The van der Waals surface area contributed by atoms with Gasteiger partial charge in [0, 0.05) is 0 Å². The van der Waals surface area contributed by atoms with Crippen LogP contribution >= 0.6 is 0 Å². The third-order valence-electron chi connectivity index (χ3n) is 2.10. The summed E-state index contributed by atoms with van der Waals surface area (Å²) >= 11 is 0. The summed E-state index contributed by atoms with van der Waals surface area (Å²) in [6, 6.07) is 0. The Morgan fingerprint density at radius 2 is 1.05 bits per heavy atom. The number of alkyl halides is 9. The van der Waals surface area contributed by atoms with Crippen LogP contribution in [0.25, 0.3) is 0 Å². The van der Waals surface area contributed by atoms with Crippen molar-refractivity contribution >= 4 is 0 Å². The van der Waals surface area contributed by atoms with Crippen LogP contribution in [0.4, 0.5) is 48.3 Å². The molecule has 0 fully saturated rings. The van der Waals surface area contributed by atoms with Crippen molar-refractivity contribution in [1.29, 1.82) is 0 Å². The second-order valence-corrected chi connectivity index (χ2v) is 3.43. The van der Waals surface area contributed by atoms with E-state index in [0.29, 0.717) is 6.92 Å². The number of hydrogen-bond donors (Lipinski definition) is 0. The van der Waals surface area contributed by atoms with Crippen LogP contribution < -0.4 is 0 Å². The lowest BCUT2D eigenvalue weighted by Gasteiger charge is -2.33. The summed E-state index contributed by atoms with van der Waals surface area (Å²) in [6.07, 6.45) is -20.4. The second kappa shape index (κ2) is 5.24. The van der Waals surface area contributed by atoms with Crippen molar-refractivity contribution < 1.29 is 48.3 Å². The summed E-state index contributed by atoms with van der Waals surface area (Å²) in [5.41, 5.74) is -5.70. The SMILES string of the molecule is C/C=C/C(/C(F)=C(\F)C(F)(F)F)(C(F)(F)F)C(F)(F)F. The molecule has 0 rings (SSSR count). The van der Waals surface area contributed by atoms with Gasteiger partial charge in [-0.1, -0.05) is 12.2 Å². The zero-order valence-electron chi connectivity index (χ0n) is 9.31. The predicted molar refractivity (Wildman–Crippen MR) is 44.7 cm³/mol. The highest BCUT2D eigenvalue weighted by Gasteiger charge is 2.74. The Hall–Kier alpha value is -1.29. The summed E-state index contributed by atoms with van der Waals surface area (Å²) in [4.78, 5) is 0. The van der Waals surface area contributed by atoms with Gasteiger partial charge in [0.05, 0.1) is 0 Å². The number of rotatable bonds is 2. The number of allylic oxidation sites excluding steroid dienone is 4. The summed E-state index contributed by atoms with van der Waals surface area (Å²) in [7, 11) is 0.